The number of carbonyl (C=O) groups is 2. The SMILES string of the molecule is C=CC[C@]1(CCCCB2OC(C)(C)C(C)(C)O2)C(=O)O[C@@H](c2ccccc2)[C@@H](c2ccccc2)N1C(=O)OCCCC. The summed E-state index contributed by atoms with van der Waals surface area (Å²) < 4.78 is 24.5. The first-order valence-electron chi connectivity index (χ1n) is 15.3. The third kappa shape index (κ3) is 6.60. The van der Waals surface area contributed by atoms with E-state index in [0.29, 0.717) is 19.2 Å². The van der Waals surface area contributed by atoms with Crippen molar-refractivity contribution in [3.05, 3.63) is 84.4 Å². The highest BCUT2D eigenvalue weighted by Gasteiger charge is 2.57. The van der Waals surface area contributed by atoms with Crippen molar-refractivity contribution in [3.63, 3.8) is 0 Å². The third-order valence-electron chi connectivity index (χ3n) is 8.89. The summed E-state index contributed by atoms with van der Waals surface area (Å²) in [6.45, 7) is 14.5. The molecule has 2 aliphatic rings. The van der Waals surface area contributed by atoms with Gasteiger partial charge in [0, 0.05) is 0 Å². The van der Waals surface area contributed by atoms with Crippen LogP contribution in [-0.2, 0) is 23.6 Å². The van der Waals surface area contributed by atoms with Crippen molar-refractivity contribution in [1.29, 1.82) is 0 Å². The lowest BCUT2D eigenvalue weighted by Crippen LogP contribution is -2.63. The van der Waals surface area contributed by atoms with Gasteiger partial charge in [-0.2, -0.15) is 0 Å². The molecule has 4 rings (SSSR count). The fourth-order valence-corrected chi connectivity index (χ4v) is 5.87. The Morgan fingerprint density at radius 1 is 0.952 bits per heavy atom. The van der Waals surface area contributed by atoms with Crippen LogP contribution in [-0.4, -0.2) is 47.4 Å². The summed E-state index contributed by atoms with van der Waals surface area (Å²) >= 11 is 0. The monoisotopic (exact) mass is 575 g/mol. The van der Waals surface area contributed by atoms with Gasteiger partial charge in [0.05, 0.1) is 17.8 Å². The van der Waals surface area contributed by atoms with Crippen LogP contribution < -0.4 is 0 Å². The second-order valence-corrected chi connectivity index (χ2v) is 12.4. The number of amides is 1. The molecule has 226 valence electrons. The van der Waals surface area contributed by atoms with Crippen molar-refractivity contribution in [2.75, 3.05) is 6.61 Å². The van der Waals surface area contributed by atoms with Gasteiger partial charge in [0.25, 0.3) is 0 Å². The molecule has 0 aliphatic carbocycles. The molecule has 2 aromatic rings. The Hall–Kier alpha value is -3.10. The number of cyclic esters (lactones) is 1. The predicted octanol–water partition coefficient (Wildman–Crippen LogP) is 7.84. The Kier molecular flexibility index (Phi) is 10.2. The highest BCUT2D eigenvalue weighted by Crippen LogP contribution is 2.49. The van der Waals surface area contributed by atoms with E-state index in [0.717, 1.165) is 30.4 Å². The molecule has 1 amide bonds. The standard InChI is InChI=1S/C34H46BNO6/c1-7-9-25-39-31(38)36-28(26-18-12-10-13-19-26)29(27-20-14-11-15-21-27)40-30(37)34(36,22-8-2)23-16-17-24-35-41-32(3,4)33(5,6)42-35/h8,10-15,18-21,28-29H,2,7,9,16-17,22-25H2,1,3-6H3/t28-,29+,34+/m1/s1. The maximum atomic E-state index is 14.2. The summed E-state index contributed by atoms with van der Waals surface area (Å²) in [5, 5.41) is 0. The van der Waals surface area contributed by atoms with Crippen LogP contribution in [0, 0.1) is 0 Å². The highest BCUT2D eigenvalue weighted by molar-refractivity contribution is 6.45. The maximum Gasteiger partial charge on any atom is 0.457 e. The second kappa shape index (κ2) is 13.5. The van der Waals surface area contributed by atoms with E-state index >= 15 is 0 Å². The van der Waals surface area contributed by atoms with E-state index in [4.69, 9.17) is 18.8 Å². The van der Waals surface area contributed by atoms with Crippen LogP contribution in [0.4, 0.5) is 4.79 Å². The minimum Gasteiger partial charge on any atom is -0.453 e. The first-order valence-corrected chi connectivity index (χ1v) is 15.3. The van der Waals surface area contributed by atoms with Gasteiger partial charge in [0.1, 0.15) is 11.6 Å². The van der Waals surface area contributed by atoms with E-state index in [9.17, 15) is 9.59 Å². The number of rotatable bonds is 12. The first-order chi connectivity index (χ1) is 20.1. The molecule has 0 bridgehead atoms. The molecular formula is C34H46BNO6. The molecule has 0 unspecified atom stereocenters. The molecule has 2 saturated heterocycles. The molecule has 2 heterocycles. The quantitative estimate of drug-likeness (QED) is 0.111. The molecule has 0 saturated carbocycles. The fourth-order valence-electron chi connectivity index (χ4n) is 5.87. The van der Waals surface area contributed by atoms with E-state index in [1.165, 1.54) is 0 Å². The van der Waals surface area contributed by atoms with E-state index in [2.05, 4.69) is 6.58 Å². The van der Waals surface area contributed by atoms with Crippen LogP contribution in [0.25, 0.3) is 0 Å². The molecular weight excluding hydrogens is 529 g/mol. The summed E-state index contributed by atoms with van der Waals surface area (Å²) in [4.78, 5) is 29.9. The van der Waals surface area contributed by atoms with Crippen LogP contribution in [0.5, 0.6) is 0 Å². The van der Waals surface area contributed by atoms with Gasteiger partial charge in [-0.05, 0) is 64.4 Å². The van der Waals surface area contributed by atoms with Crippen molar-refractivity contribution in [3.8, 4) is 0 Å². The normalized spacial score (nSPS) is 24.7. The number of benzene rings is 2. The predicted molar refractivity (Wildman–Crippen MR) is 165 cm³/mol. The van der Waals surface area contributed by atoms with Crippen LogP contribution in [0.15, 0.2) is 73.3 Å². The Labute approximate surface area is 251 Å². The van der Waals surface area contributed by atoms with E-state index in [1.54, 1.807) is 11.0 Å². The number of esters is 1. The Bertz CT molecular complexity index is 1190. The molecule has 7 nitrogen and oxygen atoms in total. The second-order valence-electron chi connectivity index (χ2n) is 12.4. The minimum absolute atomic E-state index is 0.246. The Balaban J connectivity index is 1.68. The molecule has 2 aliphatic heterocycles. The van der Waals surface area contributed by atoms with E-state index in [-0.39, 0.29) is 20.1 Å². The summed E-state index contributed by atoms with van der Waals surface area (Å²) in [5.74, 6) is -0.438. The lowest BCUT2D eigenvalue weighted by atomic mass is 9.78. The average molecular weight is 576 g/mol. The van der Waals surface area contributed by atoms with Crippen molar-refractivity contribution < 1.29 is 28.4 Å². The molecule has 0 spiro atoms. The number of hydrogen-bond acceptors (Lipinski definition) is 6. The first kappa shape index (κ1) is 31.8. The summed E-state index contributed by atoms with van der Waals surface area (Å²) in [5.41, 5.74) is -0.379. The van der Waals surface area contributed by atoms with Gasteiger partial charge in [0.2, 0.25) is 0 Å². The topological polar surface area (TPSA) is 74.3 Å². The van der Waals surface area contributed by atoms with Gasteiger partial charge in [0.15, 0.2) is 6.10 Å². The van der Waals surface area contributed by atoms with Gasteiger partial charge in [-0.25, -0.2) is 9.59 Å². The molecule has 2 aromatic carbocycles. The molecule has 0 aromatic heterocycles. The zero-order valence-corrected chi connectivity index (χ0v) is 25.8. The zero-order valence-electron chi connectivity index (χ0n) is 25.8. The van der Waals surface area contributed by atoms with Crippen molar-refractivity contribution in [2.24, 2.45) is 0 Å². The van der Waals surface area contributed by atoms with Crippen molar-refractivity contribution in [1.82, 2.24) is 4.90 Å². The highest BCUT2D eigenvalue weighted by atomic mass is 16.7. The smallest absolute Gasteiger partial charge is 0.453 e. The van der Waals surface area contributed by atoms with E-state index in [1.807, 2.05) is 95.3 Å². The number of carbonyl (C=O) groups excluding carboxylic acids is 2. The summed E-state index contributed by atoms with van der Waals surface area (Å²) in [7, 11) is -0.321. The number of morpholine rings is 1. The maximum absolute atomic E-state index is 14.2. The van der Waals surface area contributed by atoms with Gasteiger partial charge in [-0.3, -0.25) is 4.90 Å². The Morgan fingerprint density at radius 2 is 1.55 bits per heavy atom. The lowest BCUT2D eigenvalue weighted by Gasteiger charge is -2.51. The molecule has 0 radical (unpaired) electrons. The lowest BCUT2D eigenvalue weighted by molar-refractivity contribution is -0.187. The van der Waals surface area contributed by atoms with Crippen molar-refractivity contribution >= 4 is 19.2 Å². The van der Waals surface area contributed by atoms with Gasteiger partial charge < -0.3 is 18.8 Å². The minimum atomic E-state index is -1.27. The molecule has 0 N–H and O–H groups in total. The van der Waals surface area contributed by atoms with Gasteiger partial charge in [-0.1, -0.05) is 92.9 Å². The number of unbranched alkanes of at least 4 members (excludes halogenated alkanes) is 2. The fraction of sp³-hybridized carbons (Fsp3) is 0.529. The molecule has 42 heavy (non-hydrogen) atoms. The summed E-state index contributed by atoms with van der Waals surface area (Å²) in [6, 6.07) is 18.8. The molecule has 8 heteroatoms. The van der Waals surface area contributed by atoms with Crippen LogP contribution >= 0.6 is 0 Å². The number of nitrogens with zero attached hydrogens (tertiary/aromatic N) is 1. The van der Waals surface area contributed by atoms with E-state index < -0.39 is 40.9 Å². The van der Waals surface area contributed by atoms with Crippen LogP contribution in [0.3, 0.4) is 0 Å². The molecule has 2 fully saturated rings. The van der Waals surface area contributed by atoms with Crippen LogP contribution in [0.1, 0.15) is 96.4 Å². The largest absolute Gasteiger partial charge is 0.457 e. The zero-order chi connectivity index (χ0) is 30.4. The average Bonchev–Trinajstić information content (AvgIpc) is 3.18. The van der Waals surface area contributed by atoms with Gasteiger partial charge >= 0.3 is 19.2 Å². The van der Waals surface area contributed by atoms with Crippen LogP contribution in [0.2, 0.25) is 6.32 Å². The van der Waals surface area contributed by atoms with Gasteiger partial charge in [-0.15, -0.1) is 6.58 Å². The van der Waals surface area contributed by atoms with Crippen molar-refractivity contribution in [2.45, 2.75) is 108 Å². The summed E-state index contributed by atoms with van der Waals surface area (Å²) in [6.07, 6.45) is 4.86. The number of ether oxygens (including phenoxy) is 2. The third-order valence-corrected chi connectivity index (χ3v) is 8.89. The Morgan fingerprint density at radius 3 is 2.12 bits per heavy atom. The molecule has 3 atom stereocenters. The number of hydrogen-bond donors (Lipinski definition) is 0.